The van der Waals surface area contributed by atoms with Gasteiger partial charge in [0.2, 0.25) is 0 Å². The van der Waals surface area contributed by atoms with Crippen LogP contribution in [0.25, 0.3) is 0 Å². The number of hydrogen-bond acceptors (Lipinski definition) is 5. The molecule has 0 radical (unpaired) electrons. The van der Waals surface area contributed by atoms with E-state index < -0.39 is 0 Å². The first-order valence-corrected chi connectivity index (χ1v) is 5.98. The summed E-state index contributed by atoms with van der Waals surface area (Å²) in [5.74, 6) is 1.47. The van der Waals surface area contributed by atoms with Crippen LogP contribution in [0.1, 0.15) is 13.8 Å². The highest BCUT2D eigenvalue weighted by atomic mass is 16.5. The molecule has 2 rings (SSSR count). The molecule has 0 amide bonds. The minimum atomic E-state index is -0.240. The molecule has 1 aromatic carbocycles. The van der Waals surface area contributed by atoms with E-state index in [-0.39, 0.29) is 5.54 Å². The van der Waals surface area contributed by atoms with Crippen LogP contribution in [-0.4, -0.2) is 33.0 Å². The molecule has 0 saturated carbocycles. The van der Waals surface area contributed by atoms with Gasteiger partial charge in [-0.3, -0.25) is 0 Å². The van der Waals surface area contributed by atoms with Crippen molar-refractivity contribution in [1.29, 1.82) is 0 Å². The van der Waals surface area contributed by atoms with Gasteiger partial charge < -0.3 is 25.4 Å². The van der Waals surface area contributed by atoms with E-state index in [1.165, 1.54) is 0 Å². The summed E-state index contributed by atoms with van der Waals surface area (Å²) in [6, 6.07) is 3.94. The van der Waals surface area contributed by atoms with Crippen molar-refractivity contribution in [2.75, 3.05) is 37.6 Å². The Bertz CT molecular complexity index is 441. The lowest BCUT2D eigenvalue weighted by Gasteiger charge is -2.27. The van der Waals surface area contributed by atoms with Crippen LogP contribution in [0, 0.1) is 0 Å². The van der Waals surface area contributed by atoms with E-state index in [2.05, 4.69) is 10.2 Å². The molecule has 0 saturated heterocycles. The summed E-state index contributed by atoms with van der Waals surface area (Å²) in [7, 11) is 3.28. The number of methoxy groups -OCH3 is 2. The Kier molecular flexibility index (Phi) is 3.26. The molecular weight excluding hydrogens is 230 g/mol. The Labute approximate surface area is 108 Å². The zero-order valence-electron chi connectivity index (χ0n) is 11.4. The van der Waals surface area contributed by atoms with Gasteiger partial charge in [-0.25, -0.2) is 0 Å². The lowest BCUT2D eigenvalue weighted by molar-refractivity contribution is 0.355. The lowest BCUT2D eigenvalue weighted by Crippen LogP contribution is -2.45. The zero-order chi connectivity index (χ0) is 13.3. The average Bonchev–Trinajstić information content (AvgIpc) is 2.67. The number of fused-ring (bicyclic) bond motifs is 1. The van der Waals surface area contributed by atoms with E-state index in [1.807, 2.05) is 26.0 Å². The van der Waals surface area contributed by atoms with Gasteiger partial charge in [0, 0.05) is 24.2 Å². The van der Waals surface area contributed by atoms with Crippen LogP contribution in [0.5, 0.6) is 11.5 Å². The fraction of sp³-hybridized carbons (Fsp3) is 0.538. The van der Waals surface area contributed by atoms with E-state index in [0.29, 0.717) is 0 Å². The quantitative estimate of drug-likeness (QED) is 0.851. The van der Waals surface area contributed by atoms with Gasteiger partial charge in [-0.15, -0.1) is 0 Å². The number of hydrogen-bond donors (Lipinski definition) is 2. The minimum Gasteiger partial charge on any atom is -0.493 e. The highest BCUT2D eigenvalue weighted by Gasteiger charge is 2.25. The predicted octanol–water partition coefficient (Wildman–Crippen LogP) is 1.63. The topological polar surface area (TPSA) is 59.8 Å². The molecule has 5 heteroatoms. The second-order valence-electron chi connectivity index (χ2n) is 5.25. The molecule has 3 N–H and O–H groups in total. The summed E-state index contributed by atoms with van der Waals surface area (Å²) in [4.78, 5) is 2.21. The van der Waals surface area contributed by atoms with Gasteiger partial charge in [0.05, 0.1) is 32.3 Å². The van der Waals surface area contributed by atoms with Crippen molar-refractivity contribution in [2.24, 2.45) is 5.73 Å². The first kappa shape index (κ1) is 12.8. The van der Waals surface area contributed by atoms with Gasteiger partial charge in [-0.2, -0.15) is 0 Å². The molecule has 0 spiro atoms. The van der Waals surface area contributed by atoms with Crippen molar-refractivity contribution < 1.29 is 9.47 Å². The van der Waals surface area contributed by atoms with Gasteiger partial charge in [0.1, 0.15) is 0 Å². The number of anilines is 2. The molecule has 0 atom stereocenters. The van der Waals surface area contributed by atoms with Crippen molar-refractivity contribution in [3.63, 3.8) is 0 Å². The molecule has 1 aromatic rings. The third-order valence-electron chi connectivity index (χ3n) is 2.90. The molecular formula is C13H21N3O2. The Morgan fingerprint density at radius 2 is 1.89 bits per heavy atom. The van der Waals surface area contributed by atoms with Crippen molar-refractivity contribution in [2.45, 2.75) is 19.4 Å². The predicted molar refractivity (Wildman–Crippen MR) is 73.6 cm³/mol. The molecule has 1 aliphatic rings. The maximum Gasteiger partial charge on any atom is 0.162 e. The minimum absolute atomic E-state index is 0.240. The van der Waals surface area contributed by atoms with E-state index in [4.69, 9.17) is 15.2 Å². The van der Waals surface area contributed by atoms with Crippen molar-refractivity contribution >= 4 is 11.4 Å². The maximum absolute atomic E-state index is 6.07. The molecule has 0 aromatic heterocycles. The van der Waals surface area contributed by atoms with E-state index >= 15 is 0 Å². The SMILES string of the molecule is COc1cc2c(cc1OC)N(CC(C)(C)N)CN2. The van der Waals surface area contributed by atoms with Crippen LogP contribution >= 0.6 is 0 Å². The highest BCUT2D eigenvalue weighted by molar-refractivity contribution is 5.79. The van der Waals surface area contributed by atoms with E-state index in [9.17, 15) is 0 Å². The number of nitrogens with one attached hydrogen (secondary N) is 1. The monoisotopic (exact) mass is 251 g/mol. The summed E-state index contributed by atoms with van der Waals surface area (Å²) in [5.41, 5.74) is 7.99. The molecule has 0 fully saturated rings. The Balaban J connectivity index is 2.32. The van der Waals surface area contributed by atoms with Crippen LogP contribution in [0.15, 0.2) is 12.1 Å². The summed E-state index contributed by atoms with van der Waals surface area (Å²) in [5, 5.41) is 3.33. The van der Waals surface area contributed by atoms with Crippen LogP contribution < -0.4 is 25.4 Å². The van der Waals surface area contributed by atoms with Crippen molar-refractivity contribution in [3.8, 4) is 11.5 Å². The summed E-state index contributed by atoms with van der Waals surface area (Å²) < 4.78 is 10.6. The summed E-state index contributed by atoms with van der Waals surface area (Å²) in [6.45, 7) is 5.58. The molecule has 5 nitrogen and oxygen atoms in total. The van der Waals surface area contributed by atoms with Crippen molar-refractivity contribution in [1.82, 2.24) is 0 Å². The van der Waals surface area contributed by atoms with Gasteiger partial charge >= 0.3 is 0 Å². The highest BCUT2D eigenvalue weighted by Crippen LogP contribution is 2.41. The normalized spacial score (nSPS) is 14.2. The standard InChI is InChI=1S/C13H21N3O2/c1-13(2,14)7-16-8-15-9-5-11(17-3)12(18-4)6-10(9)16/h5-6,15H,7-8,14H2,1-4H3. The Hall–Kier alpha value is -1.62. The third kappa shape index (κ3) is 2.46. The number of ether oxygens (including phenoxy) is 2. The van der Waals surface area contributed by atoms with Crippen molar-refractivity contribution in [3.05, 3.63) is 12.1 Å². The fourth-order valence-electron chi connectivity index (χ4n) is 2.17. The summed E-state index contributed by atoms with van der Waals surface area (Å²) in [6.07, 6.45) is 0. The maximum atomic E-state index is 6.07. The first-order valence-electron chi connectivity index (χ1n) is 5.98. The van der Waals surface area contributed by atoms with E-state index in [0.717, 1.165) is 36.1 Å². The molecule has 18 heavy (non-hydrogen) atoms. The molecule has 0 aliphatic carbocycles. The second kappa shape index (κ2) is 4.57. The number of nitrogens with zero attached hydrogens (tertiary/aromatic N) is 1. The Morgan fingerprint density at radius 3 is 2.44 bits per heavy atom. The molecule has 0 unspecified atom stereocenters. The van der Waals surface area contributed by atoms with Crippen LogP contribution in [-0.2, 0) is 0 Å². The smallest absolute Gasteiger partial charge is 0.162 e. The number of nitrogens with two attached hydrogens (primary N) is 1. The van der Waals surface area contributed by atoms with Gasteiger partial charge in [0.15, 0.2) is 11.5 Å². The van der Waals surface area contributed by atoms with E-state index in [1.54, 1.807) is 14.2 Å². The fourth-order valence-corrected chi connectivity index (χ4v) is 2.17. The first-order chi connectivity index (χ1) is 8.44. The molecule has 1 aliphatic heterocycles. The summed E-state index contributed by atoms with van der Waals surface area (Å²) >= 11 is 0. The molecule has 0 bridgehead atoms. The van der Waals surface area contributed by atoms with Gasteiger partial charge in [-0.05, 0) is 13.8 Å². The lowest BCUT2D eigenvalue weighted by atomic mass is 10.1. The van der Waals surface area contributed by atoms with Gasteiger partial charge in [0.25, 0.3) is 0 Å². The number of rotatable bonds is 4. The zero-order valence-corrected chi connectivity index (χ0v) is 11.4. The largest absolute Gasteiger partial charge is 0.493 e. The molecule has 100 valence electrons. The number of benzene rings is 1. The van der Waals surface area contributed by atoms with Crippen LogP contribution in [0.3, 0.4) is 0 Å². The van der Waals surface area contributed by atoms with Crippen LogP contribution in [0.4, 0.5) is 11.4 Å². The average molecular weight is 251 g/mol. The molecule has 1 heterocycles. The Morgan fingerprint density at radius 1 is 1.28 bits per heavy atom. The second-order valence-corrected chi connectivity index (χ2v) is 5.25. The van der Waals surface area contributed by atoms with Crippen LogP contribution in [0.2, 0.25) is 0 Å². The van der Waals surface area contributed by atoms with Gasteiger partial charge in [-0.1, -0.05) is 0 Å². The third-order valence-corrected chi connectivity index (χ3v) is 2.90.